The average molecular weight is 323 g/mol. The molecule has 0 fully saturated rings. The number of nitrogens with two attached hydrogens (primary N) is 1. The molecule has 0 spiro atoms. The van der Waals surface area contributed by atoms with E-state index in [0.717, 1.165) is 11.1 Å². The van der Waals surface area contributed by atoms with E-state index in [1.807, 2.05) is 26.0 Å². The quantitative estimate of drug-likeness (QED) is 0.795. The van der Waals surface area contributed by atoms with Gasteiger partial charge in [0.15, 0.2) is 0 Å². The number of benzene rings is 1. The second-order valence-corrected chi connectivity index (χ2v) is 5.67. The maximum Gasteiger partial charge on any atom is 0.258 e. The minimum absolute atomic E-state index is 0.0728. The monoisotopic (exact) mass is 323 g/mol. The van der Waals surface area contributed by atoms with Gasteiger partial charge in [0.05, 0.1) is 11.3 Å². The first-order valence-corrected chi connectivity index (χ1v) is 7.46. The van der Waals surface area contributed by atoms with Gasteiger partial charge in [-0.3, -0.25) is 14.0 Å². The molecular formula is C18H17N3O3. The van der Waals surface area contributed by atoms with E-state index in [1.54, 1.807) is 24.4 Å². The zero-order chi connectivity index (χ0) is 17.3. The summed E-state index contributed by atoms with van der Waals surface area (Å²) >= 11 is 0. The molecule has 0 saturated carbocycles. The first kappa shape index (κ1) is 15.7. The number of ether oxygens (including phenoxy) is 1. The van der Waals surface area contributed by atoms with Crippen LogP contribution in [0.2, 0.25) is 0 Å². The van der Waals surface area contributed by atoms with Crippen LogP contribution in [-0.2, 0) is 6.61 Å². The van der Waals surface area contributed by atoms with Crippen LogP contribution in [0.15, 0.2) is 47.4 Å². The highest BCUT2D eigenvalue weighted by Crippen LogP contribution is 2.21. The molecule has 6 nitrogen and oxygen atoms in total. The Bertz CT molecular complexity index is 992. The Hall–Kier alpha value is -3.15. The average Bonchev–Trinajstić information content (AvgIpc) is 2.52. The van der Waals surface area contributed by atoms with Gasteiger partial charge in [0.25, 0.3) is 11.5 Å². The van der Waals surface area contributed by atoms with Gasteiger partial charge in [-0.1, -0.05) is 6.07 Å². The van der Waals surface area contributed by atoms with Gasteiger partial charge in [0, 0.05) is 12.3 Å². The maximum absolute atomic E-state index is 12.1. The van der Waals surface area contributed by atoms with Crippen LogP contribution >= 0.6 is 0 Å². The topological polar surface area (TPSA) is 86.7 Å². The number of hydrogen-bond donors (Lipinski definition) is 1. The molecule has 3 aromatic rings. The summed E-state index contributed by atoms with van der Waals surface area (Å²) in [5, 5.41) is 0. The van der Waals surface area contributed by atoms with Crippen molar-refractivity contribution in [3.8, 4) is 5.75 Å². The van der Waals surface area contributed by atoms with Crippen LogP contribution in [0.5, 0.6) is 5.75 Å². The fourth-order valence-electron chi connectivity index (χ4n) is 2.43. The normalized spacial score (nSPS) is 10.8. The van der Waals surface area contributed by atoms with Crippen molar-refractivity contribution in [3.63, 3.8) is 0 Å². The van der Waals surface area contributed by atoms with Gasteiger partial charge in [-0.2, -0.15) is 0 Å². The molecule has 2 heterocycles. The third kappa shape index (κ3) is 3.12. The number of nitrogens with zero attached hydrogens (tertiary/aromatic N) is 2. The molecule has 0 radical (unpaired) electrons. The Kier molecular flexibility index (Phi) is 4.04. The number of amides is 1. The molecule has 3 rings (SSSR count). The van der Waals surface area contributed by atoms with Gasteiger partial charge in [-0.15, -0.1) is 0 Å². The predicted molar refractivity (Wildman–Crippen MR) is 90.2 cm³/mol. The van der Waals surface area contributed by atoms with Crippen LogP contribution in [0.3, 0.4) is 0 Å². The smallest absolute Gasteiger partial charge is 0.258 e. The molecule has 1 aromatic carbocycles. The lowest BCUT2D eigenvalue weighted by Gasteiger charge is -2.11. The zero-order valence-corrected chi connectivity index (χ0v) is 13.4. The molecular weight excluding hydrogens is 306 g/mol. The van der Waals surface area contributed by atoms with Crippen molar-refractivity contribution in [2.75, 3.05) is 0 Å². The summed E-state index contributed by atoms with van der Waals surface area (Å²) in [7, 11) is 0. The largest absolute Gasteiger partial charge is 0.486 e. The zero-order valence-electron chi connectivity index (χ0n) is 13.4. The van der Waals surface area contributed by atoms with E-state index in [2.05, 4.69) is 4.98 Å². The molecule has 0 atom stereocenters. The van der Waals surface area contributed by atoms with Crippen LogP contribution in [0.25, 0.3) is 5.65 Å². The fraction of sp³-hybridized carbons (Fsp3) is 0.167. The number of carbonyl (C=O) groups excluding carboxylic acids is 1. The summed E-state index contributed by atoms with van der Waals surface area (Å²) in [6.07, 6.45) is 1.69. The van der Waals surface area contributed by atoms with Gasteiger partial charge >= 0.3 is 0 Å². The minimum Gasteiger partial charge on any atom is -0.486 e. The lowest BCUT2D eigenvalue weighted by Crippen LogP contribution is -2.17. The Morgan fingerprint density at radius 3 is 2.67 bits per heavy atom. The third-order valence-electron chi connectivity index (χ3n) is 3.65. The van der Waals surface area contributed by atoms with E-state index in [0.29, 0.717) is 22.7 Å². The highest BCUT2D eigenvalue weighted by atomic mass is 16.5. The molecule has 2 aromatic heterocycles. The lowest BCUT2D eigenvalue weighted by molar-refractivity contribution is 0.0996. The van der Waals surface area contributed by atoms with Gasteiger partial charge < -0.3 is 10.5 Å². The lowest BCUT2D eigenvalue weighted by atomic mass is 10.1. The number of carbonyl (C=O) groups is 1. The molecule has 0 bridgehead atoms. The first-order valence-electron chi connectivity index (χ1n) is 7.46. The summed E-state index contributed by atoms with van der Waals surface area (Å²) in [4.78, 5) is 28.1. The summed E-state index contributed by atoms with van der Waals surface area (Å²) in [5.41, 5.74) is 8.47. The molecule has 1 amide bonds. The second-order valence-electron chi connectivity index (χ2n) is 5.67. The van der Waals surface area contributed by atoms with Crippen LogP contribution < -0.4 is 16.0 Å². The highest BCUT2D eigenvalue weighted by Gasteiger charge is 2.11. The molecule has 24 heavy (non-hydrogen) atoms. The fourth-order valence-corrected chi connectivity index (χ4v) is 2.43. The number of pyridine rings is 1. The molecule has 2 N–H and O–H groups in total. The molecule has 0 unspecified atom stereocenters. The van der Waals surface area contributed by atoms with E-state index in [9.17, 15) is 9.59 Å². The highest BCUT2D eigenvalue weighted by molar-refractivity contribution is 5.95. The van der Waals surface area contributed by atoms with Gasteiger partial charge in [0.2, 0.25) is 0 Å². The third-order valence-corrected chi connectivity index (χ3v) is 3.65. The molecule has 0 aliphatic rings. The Morgan fingerprint density at radius 2 is 1.92 bits per heavy atom. The van der Waals surface area contributed by atoms with Crippen LogP contribution in [-0.4, -0.2) is 15.3 Å². The van der Waals surface area contributed by atoms with Crippen molar-refractivity contribution in [1.29, 1.82) is 0 Å². The molecule has 0 saturated heterocycles. The standard InChI is InChI=1S/C18H17N3O3/c1-11-3-4-14(18(19)23)15(7-11)24-10-13-9-17(22)21-6-5-12(2)8-16(21)20-13/h3-9H,10H2,1-2H3,(H2,19,23). The number of aromatic nitrogens is 2. The van der Waals surface area contributed by atoms with E-state index < -0.39 is 5.91 Å². The molecule has 0 aliphatic heterocycles. The van der Waals surface area contributed by atoms with Crippen LogP contribution in [0.4, 0.5) is 0 Å². The van der Waals surface area contributed by atoms with Gasteiger partial charge in [0.1, 0.15) is 18.0 Å². The number of rotatable bonds is 4. The number of hydrogen-bond acceptors (Lipinski definition) is 4. The van der Waals surface area contributed by atoms with E-state index in [4.69, 9.17) is 10.5 Å². The van der Waals surface area contributed by atoms with Crippen molar-refractivity contribution in [2.24, 2.45) is 5.73 Å². The molecule has 6 heteroatoms. The molecule has 122 valence electrons. The minimum atomic E-state index is -0.563. The number of primary amides is 1. The van der Waals surface area contributed by atoms with Crippen molar-refractivity contribution in [3.05, 3.63) is 75.3 Å². The summed E-state index contributed by atoms with van der Waals surface area (Å²) in [6, 6.07) is 10.2. The van der Waals surface area contributed by atoms with Crippen LogP contribution in [0.1, 0.15) is 27.2 Å². The maximum atomic E-state index is 12.1. The van der Waals surface area contributed by atoms with Crippen LogP contribution in [0, 0.1) is 13.8 Å². The van der Waals surface area contributed by atoms with Crippen molar-refractivity contribution >= 4 is 11.6 Å². The van der Waals surface area contributed by atoms with Gasteiger partial charge in [-0.25, -0.2) is 4.98 Å². The predicted octanol–water partition coefficient (Wildman–Crippen LogP) is 1.99. The number of fused-ring (bicyclic) bond motifs is 1. The summed E-state index contributed by atoms with van der Waals surface area (Å²) in [5.74, 6) is -0.180. The van der Waals surface area contributed by atoms with Crippen molar-refractivity contribution in [1.82, 2.24) is 9.38 Å². The van der Waals surface area contributed by atoms with Gasteiger partial charge in [-0.05, 0) is 49.2 Å². The van der Waals surface area contributed by atoms with Crippen molar-refractivity contribution in [2.45, 2.75) is 20.5 Å². The molecule has 0 aliphatic carbocycles. The number of aryl methyl sites for hydroxylation is 2. The second kappa shape index (κ2) is 6.16. The first-order chi connectivity index (χ1) is 11.4. The van der Waals surface area contributed by atoms with E-state index >= 15 is 0 Å². The summed E-state index contributed by atoms with van der Waals surface area (Å²) in [6.45, 7) is 3.89. The van der Waals surface area contributed by atoms with E-state index in [-0.39, 0.29) is 12.2 Å². The Labute approximate surface area is 138 Å². The van der Waals surface area contributed by atoms with E-state index in [1.165, 1.54) is 10.5 Å². The van der Waals surface area contributed by atoms with Crippen molar-refractivity contribution < 1.29 is 9.53 Å². The Balaban J connectivity index is 1.93. The summed E-state index contributed by atoms with van der Waals surface area (Å²) < 4.78 is 7.16. The SMILES string of the molecule is Cc1ccc(C(N)=O)c(OCc2cc(=O)n3ccc(C)cc3n2)c1. The Morgan fingerprint density at radius 1 is 1.17 bits per heavy atom.